The predicted molar refractivity (Wildman–Crippen MR) is 64.6 cm³/mol. The van der Waals surface area contributed by atoms with Crippen LogP contribution in [-0.4, -0.2) is 26.1 Å². The highest BCUT2D eigenvalue weighted by molar-refractivity contribution is 6.17. The molecule has 0 bridgehead atoms. The molecule has 0 aromatic heterocycles. The van der Waals surface area contributed by atoms with Crippen LogP contribution in [0.1, 0.15) is 18.0 Å². The van der Waals surface area contributed by atoms with E-state index < -0.39 is 0 Å². The molecule has 1 aromatic rings. The van der Waals surface area contributed by atoms with Gasteiger partial charge in [-0.15, -0.1) is 11.6 Å². The highest BCUT2D eigenvalue weighted by atomic mass is 35.5. The topological polar surface area (TPSA) is 30.5 Å². The first-order valence-electron chi connectivity index (χ1n) is 5.48. The van der Waals surface area contributed by atoms with Crippen LogP contribution in [0.25, 0.3) is 0 Å². The first kappa shape index (κ1) is 11.6. The van der Waals surface area contributed by atoms with Gasteiger partial charge in [-0.1, -0.05) is 6.07 Å². The summed E-state index contributed by atoms with van der Waals surface area (Å²) in [6.45, 7) is 1.25. The minimum absolute atomic E-state index is 0.272. The third kappa shape index (κ3) is 2.42. The summed E-state index contributed by atoms with van der Waals surface area (Å²) in [7, 11) is 1.94. The van der Waals surface area contributed by atoms with Crippen LogP contribution in [0, 0.1) is 0 Å². The van der Waals surface area contributed by atoms with E-state index in [2.05, 4.69) is 11.4 Å². The van der Waals surface area contributed by atoms with Gasteiger partial charge >= 0.3 is 0 Å². The first-order valence-corrected chi connectivity index (χ1v) is 6.01. The predicted octanol–water partition coefficient (Wildman–Crippen LogP) is 2.35. The molecule has 0 aliphatic carbocycles. The lowest BCUT2D eigenvalue weighted by Crippen LogP contribution is -2.19. The minimum Gasteiger partial charge on any atom is -0.486 e. The van der Waals surface area contributed by atoms with Crippen LogP contribution in [-0.2, 0) is 0 Å². The molecule has 88 valence electrons. The van der Waals surface area contributed by atoms with Crippen molar-refractivity contribution in [2.45, 2.75) is 12.5 Å². The Bertz CT molecular complexity index is 357. The number of fused-ring (bicyclic) bond motifs is 1. The second kappa shape index (κ2) is 5.41. The zero-order chi connectivity index (χ0) is 11.4. The molecular formula is C12H16ClNO2. The quantitative estimate of drug-likeness (QED) is 0.821. The highest BCUT2D eigenvalue weighted by Gasteiger charge is 2.15. The summed E-state index contributed by atoms with van der Waals surface area (Å²) >= 11 is 5.77. The van der Waals surface area contributed by atoms with E-state index in [-0.39, 0.29) is 6.04 Å². The van der Waals surface area contributed by atoms with Crippen molar-refractivity contribution in [2.24, 2.45) is 0 Å². The number of halogens is 1. The number of ether oxygens (including phenoxy) is 2. The average Bonchev–Trinajstić information content (AvgIpc) is 2.35. The van der Waals surface area contributed by atoms with E-state index in [0.717, 1.165) is 17.9 Å². The molecule has 0 spiro atoms. The second-order valence-electron chi connectivity index (χ2n) is 3.72. The van der Waals surface area contributed by atoms with E-state index >= 15 is 0 Å². The fourth-order valence-corrected chi connectivity index (χ4v) is 2.08. The van der Waals surface area contributed by atoms with Gasteiger partial charge in [-0.3, -0.25) is 0 Å². The Morgan fingerprint density at radius 3 is 2.75 bits per heavy atom. The van der Waals surface area contributed by atoms with Crippen molar-refractivity contribution in [1.82, 2.24) is 5.32 Å². The van der Waals surface area contributed by atoms with Gasteiger partial charge in [0.15, 0.2) is 11.5 Å². The molecule has 3 nitrogen and oxygen atoms in total. The number of alkyl halides is 1. The zero-order valence-corrected chi connectivity index (χ0v) is 10.1. The third-order valence-electron chi connectivity index (χ3n) is 2.71. The lowest BCUT2D eigenvalue weighted by molar-refractivity contribution is 0.171. The normalized spacial score (nSPS) is 15.9. The third-order valence-corrected chi connectivity index (χ3v) is 2.93. The Hall–Kier alpha value is -0.930. The molecule has 0 fully saturated rings. The standard InChI is InChI=1S/C12H16ClNO2/c1-14-10(4-5-13)9-2-3-11-12(8-9)16-7-6-15-11/h2-3,8,10,14H,4-7H2,1H3. The van der Waals surface area contributed by atoms with Gasteiger partial charge in [0.1, 0.15) is 13.2 Å². The van der Waals surface area contributed by atoms with Crippen LogP contribution in [0.2, 0.25) is 0 Å². The molecule has 2 rings (SSSR count). The smallest absolute Gasteiger partial charge is 0.161 e. The van der Waals surface area contributed by atoms with Crippen LogP contribution in [0.15, 0.2) is 18.2 Å². The Kier molecular flexibility index (Phi) is 3.91. The molecule has 16 heavy (non-hydrogen) atoms. The number of hydrogen-bond donors (Lipinski definition) is 1. The summed E-state index contributed by atoms with van der Waals surface area (Å²) in [6.07, 6.45) is 0.900. The van der Waals surface area contributed by atoms with Crippen LogP contribution >= 0.6 is 11.6 Å². The van der Waals surface area contributed by atoms with Gasteiger partial charge in [0.05, 0.1) is 0 Å². The molecule has 0 saturated heterocycles. The zero-order valence-electron chi connectivity index (χ0n) is 9.33. The highest BCUT2D eigenvalue weighted by Crippen LogP contribution is 2.33. The van der Waals surface area contributed by atoms with Crippen molar-refractivity contribution in [1.29, 1.82) is 0 Å². The molecular weight excluding hydrogens is 226 g/mol. The summed E-state index contributed by atoms with van der Waals surface area (Å²) < 4.78 is 11.0. The first-order chi connectivity index (χ1) is 7.85. The average molecular weight is 242 g/mol. The molecule has 1 unspecified atom stereocenters. The Balaban J connectivity index is 2.21. The summed E-state index contributed by atoms with van der Waals surface area (Å²) in [6, 6.07) is 6.32. The molecule has 1 aliphatic rings. The fourth-order valence-electron chi connectivity index (χ4n) is 1.86. The van der Waals surface area contributed by atoms with Gasteiger partial charge < -0.3 is 14.8 Å². The van der Waals surface area contributed by atoms with Crippen molar-refractivity contribution in [3.63, 3.8) is 0 Å². The molecule has 1 heterocycles. The van der Waals surface area contributed by atoms with Crippen LogP contribution in [0.3, 0.4) is 0 Å². The lowest BCUT2D eigenvalue weighted by atomic mass is 10.0. The summed E-state index contributed by atoms with van der Waals surface area (Å²) in [5.41, 5.74) is 1.19. The molecule has 4 heteroatoms. The SMILES string of the molecule is CNC(CCCl)c1ccc2c(c1)OCCO2. The summed E-state index contributed by atoms with van der Waals surface area (Å²) in [5.74, 6) is 2.30. The monoisotopic (exact) mass is 241 g/mol. The number of benzene rings is 1. The van der Waals surface area contributed by atoms with Crippen molar-refractivity contribution in [3.8, 4) is 11.5 Å². The Morgan fingerprint density at radius 1 is 1.31 bits per heavy atom. The number of hydrogen-bond acceptors (Lipinski definition) is 3. The maximum Gasteiger partial charge on any atom is 0.161 e. The van der Waals surface area contributed by atoms with Crippen LogP contribution in [0.4, 0.5) is 0 Å². The van der Waals surface area contributed by atoms with Crippen molar-refractivity contribution in [3.05, 3.63) is 23.8 Å². The Labute approximate surface area is 101 Å². The largest absolute Gasteiger partial charge is 0.486 e. The molecule has 0 radical (unpaired) electrons. The van der Waals surface area contributed by atoms with Crippen LogP contribution < -0.4 is 14.8 Å². The van der Waals surface area contributed by atoms with Gasteiger partial charge in [0.2, 0.25) is 0 Å². The maximum absolute atomic E-state index is 5.77. The maximum atomic E-state index is 5.77. The molecule has 1 atom stereocenters. The second-order valence-corrected chi connectivity index (χ2v) is 4.10. The van der Waals surface area contributed by atoms with Gasteiger partial charge in [-0.05, 0) is 31.2 Å². The Morgan fingerprint density at radius 2 is 2.06 bits per heavy atom. The van der Waals surface area contributed by atoms with Crippen molar-refractivity contribution < 1.29 is 9.47 Å². The minimum atomic E-state index is 0.272. The van der Waals surface area contributed by atoms with E-state index in [4.69, 9.17) is 21.1 Å². The van der Waals surface area contributed by atoms with Gasteiger partial charge in [-0.2, -0.15) is 0 Å². The van der Waals surface area contributed by atoms with Gasteiger partial charge in [-0.25, -0.2) is 0 Å². The molecule has 1 aliphatic heterocycles. The van der Waals surface area contributed by atoms with E-state index in [1.54, 1.807) is 0 Å². The fraction of sp³-hybridized carbons (Fsp3) is 0.500. The van der Waals surface area contributed by atoms with E-state index in [1.165, 1.54) is 5.56 Å². The van der Waals surface area contributed by atoms with E-state index in [0.29, 0.717) is 19.1 Å². The van der Waals surface area contributed by atoms with Crippen LogP contribution in [0.5, 0.6) is 11.5 Å². The number of rotatable bonds is 4. The van der Waals surface area contributed by atoms with Gasteiger partial charge in [0.25, 0.3) is 0 Å². The van der Waals surface area contributed by atoms with Gasteiger partial charge in [0, 0.05) is 11.9 Å². The van der Waals surface area contributed by atoms with E-state index in [9.17, 15) is 0 Å². The van der Waals surface area contributed by atoms with Crippen molar-refractivity contribution in [2.75, 3.05) is 26.1 Å². The molecule has 0 amide bonds. The van der Waals surface area contributed by atoms with Crippen molar-refractivity contribution >= 4 is 11.6 Å². The lowest BCUT2D eigenvalue weighted by Gasteiger charge is -2.21. The summed E-state index contributed by atoms with van der Waals surface area (Å²) in [5, 5.41) is 3.25. The van der Waals surface area contributed by atoms with E-state index in [1.807, 2.05) is 19.2 Å². The number of nitrogens with one attached hydrogen (secondary N) is 1. The summed E-state index contributed by atoms with van der Waals surface area (Å²) in [4.78, 5) is 0. The molecule has 1 N–H and O–H groups in total. The molecule has 0 saturated carbocycles. The molecule has 1 aromatic carbocycles.